The summed E-state index contributed by atoms with van der Waals surface area (Å²) in [6.45, 7) is 8.88. The number of nitrogens with zero attached hydrogens (tertiary/aromatic N) is 1. The van der Waals surface area contributed by atoms with Crippen molar-refractivity contribution in [1.29, 1.82) is 0 Å². The summed E-state index contributed by atoms with van der Waals surface area (Å²) in [6.07, 6.45) is 0. The van der Waals surface area contributed by atoms with Crippen LogP contribution in [0.2, 0.25) is 0 Å². The van der Waals surface area contributed by atoms with Crippen molar-refractivity contribution in [2.45, 2.75) is 39.7 Å². The minimum absolute atomic E-state index is 0.420. The van der Waals surface area contributed by atoms with Gasteiger partial charge in [0, 0.05) is 11.4 Å². The largest absolute Gasteiger partial charge is 0.335 e. The third-order valence-electron chi connectivity index (χ3n) is 3.46. The van der Waals surface area contributed by atoms with Crippen LogP contribution in [0.5, 0.6) is 0 Å². The van der Waals surface area contributed by atoms with Crippen LogP contribution in [0.1, 0.15) is 39.2 Å². The van der Waals surface area contributed by atoms with E-state index in [4.69, 9.17) is 0 Å². The van der Waals surface area contributed by atoms with Gasteiger partial charge in [0.2, 0.25) is 0 Å². The van der Waals surface area contributed by atoms with Gasteiger partial charge in [0.05, 0.1) is 6.04 Å². The second-order valence-corrected chi connectivity index (χ2v) is 6.37. The lowest BCUT2D eigenvalue weighted by Crippen LogP contribution is -2.25. The van der Waals surface area contributed by atoms with E-state index in [1.54, 1.807) is 0 Å². The lowest BCUT2D eigenvalue weighted by molar-refractivity contribution is 0.537. The third-order valence-corrected chi connectivity index (χ3v) is 4.63. The number of nitrogens with one attached hydrogen (secondary N) is 1. The summed E-state index contributed by atoms with van der Waals surface area (Å²) in [5.74, 6) is 2.40. The first-order chi connectivity index (χ1) is 8.56. The topological polar surface area (TPSA) is 24.4 Å². The zero-order chi connectivity index (χ0) is 13.1. The molecule has 1 aliphatic rings. The highest BCUT2D eigenvalue weighted by molar-refractivity contribution is 8.14. The molecule has 0 aliphatic carbocycles. The van der Waals surface area contributed by atoms with Gasteiger partial charge in [0.15, 0.2) is 5.17 Å². The molecule has 2 nitrogen and oxygen atoms in total. The Morgan fingerprint density at radius 3 is 2.44 bits per heavy atom. The number of thioether (sulfide) groups is 1. The molecule has 0 aromatic heterocycles. The van der Waals surface area contributed by atoms with Crippen LogP contribution < -0.4 is 5.32 Å². The van der Waals surface area contributed by atoms with Gasteiger partial charge in [-0.1, -0.05) is 44.7 Å². The van der Waals surface area contributed by atoms with Crippen molar-refractivity contribution >= 4 is 22.6 Å². The maximum atomic E-state index is 4.68. The molecule has 1 N–H and O–H groups in total. The highest BCUT2D eigenvalue weighted by Gasteiger charge is 2.19. The first kappa shape index (κ1) is 13.5. The molecule has 0 bridgehead atoms. The normalized spacial score (nSPS) is 23.9. The van der Waals surface area contributed by atoms with Crippen molar-refractivity contribution in [1.82, 2.24) is 0 Å². The van der Waals surface area contributed by atoms with Crippen molar-refractivity contribution in [3.05, 3.63) is 29.8 Å². The highest BCUT2D eigenvalue weighted by atomic mass is 32.2. The van der Waals surface area contributed by atoms with Crippen LogP contribution in [-0.4, -0.2) is 17.0 Å². The average Bonchev–Trinajstić information content (AvgIpc) is 2.34. The van der Waals surface area contributed by atoms with Gasteiger partial charge < -0.3 is 5.32 Å². The van der Waals surface area contributed by atoms with Crippen LogP contribution in [0.3, 0.4) is 0 Å². The lowest BCUT2D eigenvalue weighted by atomic mass is 10.0. The van der Waals surface area contributed by atoms with Crippen LogP contribution in [0.15, 0.2) is 29.3 Å². The van der Waals surface area contributed by atoms with E-state index in [1.807, 2.05) is 11.8 Å². The standard InChI is InChI=1S/C15H22N2S/c1-10(2)13-5-7-14(8-6-13)17-15-16-12(4)11(3)9-18-15/h5-8,10-12H,9H2,1-4H3,(H,16,17). The van der Waals surface area contributed by atoms with Gasteiger partial charge >= 0.3 is 0 Å². The maximum absolute atomic E-state index is 4.68. The summed E-state index contributed by atoms with van der Waals surface area (Å²) in [5.41, 5.74) is 2.51. The van der Waals surface area contributed by atoms with E-state index >= 15 is 0 Å². The monoisotopic (exact) mass is 262 g/mol. The van der Waals surface area contributed by atoms with Crippen LogP contribution in [-0.2, 0) is 0 Å². The van der Waals surface area contributed by atoms with Crippen LogP contribution in [0, 0.1) is 5.92 Å². The van der Waals surface area contributed by atoms with Crippen LogP contribution in [0.4, 0.5) is 5.69 Å². The van der Waals surface area contributed by atoms with Crippen LogP contribution in [0.25, 0.3) is 0 Å². The molecule has 3 heteroatoms. The zero-order valence-electron chi connectivity index (χ0n) is 11.6. The summed E-state index contributed by atoms with van der Waals surface area (Å²) < 4.78 is 0. The van der Waals surface area contributed by atoms with Gasteiger partial charge in [0.1, 0.15) is 0 Å². The summed E-state index contributed by atoms with van der Waals surface area (Å²) >= 11 is 1.82. The smallest absolute Gasteiger partial charge is 0.161 e. The Labute approximate surface area is 114 Å². The number of hydrogen-bond donors (Lipinski definition) is 1. The van der Waals surface area contributed by atoms with Gasteiger partial charge in [-0.25, -0.2) is 0 Å². The van der Waals surface area contributed by atoms with E-state index in [2.05, 4.69) is 62.3 Å². The number of amidine groups is 1. The van der Waals surface area contributed by atoms with E-state index in [1.165, 1.54) is 5.56 Å². The minimum atomic E-state index is 0.420. The molecule has 2 rings (SSSR count). The number of benzene rings is 1. The Morgan fingerprint density at radius 1 is 1.22 bits per heavy atom. The summed E-state index contributed by atoms with van der Waals surface area (Å²) in [7, 11) is 0. The molecule has 0 radical (unpaired) electrons. The molecule has 2 unspecified atom stereocenters. The molecular formula is C15H22N2S. The van der Waals surface area contributed by atoms with Gasteiger partial charge in [-0.05, 0) is 36.5 Å². The van der Waals surface area contributed by atoms with Crippen LogP contribution >= 0.6 is 11.8 Å². The maximum Gasteiger partial charge on any atom is 0.161 e. The molecule has 2 atom stereocenters. The highest BCUT2D eigenvalue weighted by Crippen LogP contribution is 2.24. The Morgan fingerprint density at radius 2 is 1.89 bits per heavy atom. The molecule has 0 fully saturated rings. The van der Waals surface area contributed by atoms with E-state index in [-0.39, 0.29) is 0 Å². The van der Waals surface area contributed by atoms with Gasteiger partial charge in [-0.15, -0.1) is 0 Å². The number of aliphatic imine (C=N–C) groups is 1. The van der Waals surface area contributed by atoms with Crippen molar-refractivity contribution in [2.24, 2.45) is 10.9 Å². The number of rotatable bonds is 2. The predicted octanol–water partition coefficient (Wildman–Crippen LogP) is 4.35. The Bertz CT molecular complexity index is 423. The summed E-state index contributed by atoms with van der Waals surface area (Å²) in [6, 6.07) is 9.08. The van der Waals surface area contributed by atoms with Crippen molar-refractivity contribution in [3.63, 3.8) is 0 Å². The fourth-order valence-corrected chi connectivity index (χ4v) is 2.97. The second-order valence-electron chi connectivity index (χ2n) is 5.36. The molecule has 18 heavy (non-hydrogen) atoms. The third kappa shape index (κ3) is 3.29. The second kappa shape index (κ2) is 5.79. The van der Waals surface area contributed by atoms with Crippen molar-refractivity contribution in [2.75, 3.05) is 11.1 Å². The average molecular weight is 262 g/mol. The fraction of sp³-hybridized carbons (Fsp3) is 0.533. The van der Waals surface area contributed by atoms with E-state index in [9.17, 15) is 0 Å². The molecule has 0 amide bonds. The quantitative estimate of drug-likeness (QED) is 0.857. The summed E-state index contributed by atoms with van der Waals surface area (Å²) in [4.78, 5) is 4.68. The van der Waals surface area contributed by atoms with Gasteiger partial charge in [0.25, 0.3) is 0 Å². The van der Waals surface area contributed by atoms with E-state index in [0.29, 0.717) is 17.9 Å². The van der Waals surface area contributed by atoms with Gasteiger partial charge in [-0.2, -0.15) is 0 Å². The molecule has 1 aromatic rings. The molecular weight excluding hydrogens is 240 g/mol. The molecule has 0 saturated carbocycles. The van der Waals surface area contributed by atoms with Crippen molar-refractivity contribution in [3.8, 4) is 0 Å². The predicted molar refractivity (Wildman–Crippen MR) is 82.7 cm³/mol. The number of hydrogen-bond acceptors (Lipinski definition) is 3. The first-order valence-corrected chi connectivity index (χ1v) is 7.62. The van der Waals surface area contributed by atoms with E-state index < -0.39 is 0 Å². The Hall–Kier alpha value is -0.960. The SMILES string of the molecule is CC(C)c1ccc(NC2=NC(C)C(C)CS2)cc1. The molecule has 1 aromatic carbocycles. The molecule has 0 spiro atoms. The molecule has 0 saturated heterocycles. The first-order valence-electron chi connectivity index (χ1n) is 6.64. The lowest BCUT2D eigenvalue weighted by Gasteiger charge is -2.23. The molecule has 1 heterocycles. The Kier molecular flexibility index (Phi) is 4.33. The van der Waals surface area contributed by atoms with E-state index in [0.717, 1.165) is 16.6 Å². The zero-order valence-corrected chi connectivity index (χ0v) is 12.4. The number of anilines is 1. The Balaban J connectivity index is 2.03. The summed E-state index contributed by atoms with van der Waals surface area (Å²) in [5, 5.41) is 4.46. The molecule has 98 valence electrons. The van der Waals surface area contributed by atoms with Crippen molar-refractivity contribution < 1.29 is 0 Å². The fourth-order valence-electron chi connectivity index (χ4n) is 1.84. The molecule has 1 aliphatic heterocycles. The minimum Gasteiger partial charge on any atom is -0.335 e. The van der Waals surface area contributed by atoms with Gasteiger partial charge in [-0.3, -0.25) is 4.99 Å².